The second kappa shape index (κ2) is 34.9. The number of carbonyl (C=O) groups is 12. The smallest absolute Gasteiger partial charge is 0.409 e. The van der Waals surface area contributed by atoms with E-state index in [1.54, 1.807) is 154 Å². The first-order valence-electron chi connectivity index (χ1n) is 35.6. The first-order valence-corrected chi connectivity index (χ1v) is 35.6. The van der Waals surface area contributed by atoms with Gasteiger partial charge in [-0.25, -0.2) is 24.0 Å². The van der Waals surface area contributed by atoms with Crippen molar-refractivity contribution in [3.8, 4) is 0 Å². The molecule has 2 saturated carbocycles. The number of carbonyl (C=O) groups excluding carboxylic acids is 12. The molecule has 106 heavy (non-hydrogen) atoms. The molecule has 8 amide bonds. The first kappa shape index (κ1) is 83.9. The van der Waals surface area contributed by atoms with Crippen LogP contribution in [0.5, 0.6) is 0 Å². The standard InChI is InChI=1S/C76H105N9O21/c1-42(2)53(88)38-83(13)39-57(89)81-59(43(3)4)66(94)80-51(27-22-32-78-68(77)96)65(93)79-49-30-28-46(29-31-49)40-101-70(98)84(14)33-34-85(15)71(99)104-55-36-56-75(41-102-56,105-45(6)86)63-50(35-52(87)47-23-18-16-19-24-47)76(100)37-54(44(5)58(73(76,10)11)61(90)64(92)74(55,63)12)103-67(95)62(91)60(48-25-20-17-21-26-48)82-69(97)106-72(7,8)9/h16-21,23-26,28-31,42-43,50-51,54-56,59-63,90-91,100H,22,27,32-41H2,1-15H3,(H,79,93)(H,80,94)(H,81,89)(H,82,97)(H3,77,78,96)/t50-,51-,54-,55-,56+,59-,60-,61+,62+,63-,74+,75-,76+/m0/s1. The van der Waals surface area contributed by atoms with Gasteiger partial charge in [-0.1, -0.05) is 114 Å². The number of hydrogen-bond donors (Lipinski definition) is 9. The molecule has 3 aliphatic carbocycles. The number of likely N-dealkylation sites (N-methyl/N-ethyl adjacent to an activating group) is 3. The molecule has 0 radical (unpaired) electrons. The number of amides is 8. The van der Waals surface area contributed by atoms with Crippen LogP contribution in [0.4, 0.5) is 24.9 Å². The Labute approximate surface area is 617 Å². The number of nitrogens with one attached hydrogen (secondary N) is 5. The summed E-state index contributed by atoms with van der Waals surface area (Å²) in [7, 11) is 4.41. The minimum absolute atomic E-state index is 0.0341. The van der Waals surface area contributed by atoms with Gasteiger partial charge in [0.2, 0.25) is 17.7 Å². The van der Waals surface area contributed by atoms with Crippen LogP contribution in [0, 0.1) is 34.5 Å². The van der Waals surface area contributed by atoms with Crippen molar-refractivity contribution in [2.75, 3.05) is 65.8 Å². The van der Waals surface area contributed by atoms with E-state index in [4.69, 9.17) is 34.2 Å². The molecule has 7 rings (SSSR count). The summed E-state index contributed by atoms with van der Waals surface area (Å²) in [5, 5.41) is 52.3. The van der Waals surface area contributed by atoms with Crippen LogP contribution in [-0.4, -0.2) is 221 Å². The highest BCUT2D eigenvalue weighted by Gasteiger charge is 2.77. The third kappa shape index (κ3) is 19.6. The fourth-order valence-corrected chi connectivity index (χ4v) is 14.8. The van der Waals surface area contributed by atoms with Crippen LogP contribution < -0.4 is 32.3 Å². The number of urea groups is 1. The normalized spacial score (nSPS) is 24.1. The topological polar surface area (TPSA) is 417 Å². The van der Waals surface area contributed by atoms with Crippen LogP contribution in [0.1, 0.15) is 143 Å². The number of nitrogens with zero attached hydrogens (tertiary/aromatic N) is 3. The maximum atomic E-state index is 16.1. The number of fused-ring (bicyclic) bond motifs is 5. The molecular formula is C76H105N9O21. The number of anilines is 1. The van der Waals surface area contributed by atoms with E-state index in [0.29, 0.717) is 11.3 Å². The van der Waals surface area contributed by atoms with Crippen molar-refractivity contribution in [1.29, 1.82) is 0 Å². The van der Waals surface area contributed by atoms with Gasteiger partial charge in [-0.05, 0) is 94.8 Å². The third-order valence-electron chi connectivity index (χ3n) is 20.6. The molecule has 3 aromatic carbocycles. The predicted octanol–water partition coefficient (Wildman–Crippen LogP) is 5.44. The molecule has 10 N–H and O–H groups in total. The lowest BCUT2D eigenvalue weighted by molar-refractivity contribution is -0.339. The lowest BCUT2D eigenvalue weighted by Gasteiger charge is -2.68. The zero-order valence-electron chi connectivity index (χ0n) is 63.1. The monoisotopic (exact) mass is 1480 g/mol. The average molecular weight is 1480 g/mol. The molecule has 30 nitrogen and oxygen atoms in total. The molecule has 4 aliphatic rings. The molecular weight excluding hydrogens is 1370 g/mol. The minimum Gasteiger partial charge on any atom is -0.456 e. The van der Waals surface area contributed by atoms with Crippen molar-refractivity contribution in [3.63, 3.8) is 0 Å². The van der Waals surface area contributed by atoms with E-state index in [-0.39, 0.29) is 99.2 Å². The van der Waals surface area contributed by atoms with Crippen LogP contribution in [-0.2, 0) is 68.6 Å². The van der Waals surface area contributed by atoms with Gasteiger partial charge in [0.25, 0.3) is 0 Å². The number of aliphatic hydroxyl groups excluding tert-OH is 2. The molecule has 1 saturated heterocycles. The Morgan fingerprint density at radius 3 is 1.97 bits per heavy atom. The predicted molar refractivity (Wildman–Crippen MR) is 384 cm³/mol. The Kier molecular flexibility index (Phi) is 27.6. The van der Waals surface area contributed by atoms with Crippen LogP contribution in [0.3, 0.4) is 0 Å². The number of ether oxygens (including phenoxy) is 6. The van der Waals surface area contributed by atoms with Crippen LogP contribution in [0.15, 0.2) is 96.1 Å². The van der Waals surface area contributed by atoms with Crippen molar-refractivity contribution in [1.82, 2.24) is 36.0 Å². The van der Waals surface area contributed by atoms with Gasteiger partial charge in [0, 0.05) is 94.3 Å². The van der Waals surface area contributed by atoms with Crippen LogP contribution in [0.25, 0.3) is 0 Å². The van der Waals surface area contributed by atoms with E-state index < -0.39 is 172 Å². The summed E-state index contributed by atoms with van der Waals surface area (Å²) in [4.78, 5) is 169. The number of Topliss-reactive ketones (excluding diaryl/α,β-unsaturated/α-hetero) is 3. The summed E-state index contributed by atoms with van der Waals surface area (Å²) in [6.07, 6.45) is -12.4. The SMILES string of the molecule is CC(=O)O[C@@]12CO[C@@H]1C[C@H](OC(=O)N(C)CCN(C)C(=O)OCc1ccc(NC(=O)[C@H](CCCNC(N)=O)NC(=O)[C@@H](NC(=O)CN(C)CC(=O)C(C)C)C(C)C)cc1)[C@@]1(C)C(=O)[C@H](O)C3=C(C)[C@@H](OC(=O)[C@H](O)[C@@H](NC(=O)OC(C)(C)C)c4ccccc4)C[C@@](O)([C@@H](CC(=O)c4ccccc4)[C@H]21)C3(C)C. The lowest BCUT2D eigenvalue weighted by Crippen LogP contribution is -2.80. The van der Waals surface area contributed by atoms with Gasteiger partial charge in [0.15, 0.2) is 23.3 Å². The quantitative estimate of drug-likeness (QED) is 0.0132. The van der Waals surface area contributed by atoms with Crippen molar-refractivity contribution < 1.29 is 101 Å². The van der Waals surface area contributed by atoms with E-state index in [9.17, 15) is 63.3 Å². The minimum atomic E-state index is -2.33. The van der Waals surface area contributed by atoms with E-state index >= 15 is 9.59 Å². The average Bonchev–Trinajstić information content (AvgIpc) is 0.668. The molecule has 3 aromatic rings. The number of esters is 2. The van der Waals surface area contributed by atoms with Crippen molar-refractivity contribution in [3.05, 3.63) is 113 Å². The van der Waals surface area contributed by atoms with Gasteiger partial charge < -0.3 is 85.9 Å². The van der Waals surface area contributed by atoms with Crippen molar-refractivity contribution >= 4 is 77.0 Å². The van der Waals surface area contributed by atoms with Gasteiger partial charge in [-0.15, -0.1) is 0 Å². The number of alkyl carbamates (subject to hydrolysis) is 1. The Hall–Kier alpha value is -9.36. The van der Waals surface area contributed by atoms with Gasteiger partial charge in [0.05, 0.1) is 36.8 Å². The Morgan fingerprint density at radius 2 is 1.41 bits per heavy atom. The number of aliphatic hydroxyl groups is 3. The van der Waals surface area contributed by atoms with Gasteiger partial charge in [0.1, 0.15) is 54.5 Å². The van der Waals surface area contributed by atoms with E-state index in [2.05, 4.69) is 26.6 Å². The lowest BCUT2D eigenvalue weighted by atomic mass is 9.41. The molecule has 580 valence electrons. The maximum absolute atomic E-state index is 16.1. The van der Waals surface area contributed by atoms with E-state index in [1.807, 2.05) is 0 Å². The fraction of sp³-hybridized carbons (Fsp3) is 0.579. The van der Waals surface area contributed by atoms with E-state index in [1.165, 1.54) is 37.7 Å². The fourth-order valence-electron chi connectivity index (χ4n) is 14.8. The number of ketones is 3. The largest absolute Gasteiger partial charge is 0.456 e. The highest BCUT2D eigenvalue weighted by molar-refractivity contribution is 5.99. The molecule has 0 unspecified atom stereocenters. The molecule has 2 bridgehead atoms. The molecule has 3 fully saturated rings. The molecule has 30 heteroatoms. The summed E-state index contributed by atoms with van der Waals surface area (Å²) in [5.74, 6) is -9.11. The molecule has 13 atom stereocenters. The van der Waals surface area contributed by atoms with Crippen LogP contribution in [0.2, 0.25) is 0 Å². The van der Waals surface area contributed by atoms with E-state index in [0.717, 1.165) is 11.8 Å². The summed E-state index contributed by atoms with van der Waals surface area (Å²) in [5.41, 5.74) is -2.45. The first-order chi connectivity index (χ1) is 49.6. The number of rotatable bonds is 30. The second-order valence-electron chi connectivity index (χ2n) is 30.5. The molecule has 1 heterocycles. The third-order valence-corrected chi connectivity index (χ3v) is 20.6. The Balaban J connectivity index is 1.08. The Morgan fingerprint density at radius 1 is 0.792 bits per heavy atom. The summed E-state index contributed by atoms with van der Waals surface area (Å²) in [6.45, 7) is 18.1. The Bertz CT molecular complexity index is 3750. The summed E-state index contributed by atoms with van der Waals surface area (Å²) >= 11 is 0. The van der Waals surface area contributed by atoms with Crippen molar-refractivity contribution in [2.45, 2.75) is 187 Å². The summed E-state index contributed by atoms with van der Waals surface area (Å²) in [6, 6.07) is 18.0. The van der Waals surface area contributed by atoms with Gasteiger partial charge >= 0.3 is 36.2 Å². The maximum Gasteiger partial charge on any atom is 0.409 e. The van der Waals surface area contributed by atoms with Crippen LogP contribution >= 0.6 is 0 Å². The molecule has 0 spiro atoms. The second-order valence-corrected chi connectivity index (χ2v) is 30.5. The van der Waals surface area contributed by atoms with Crippen molar-refractivity contribution in [2.24, 2.45) is 40.2 Å². The number of benzene rings is 3. The zero-order valence-corrected chi connectivity index (χ0v) is 63.1. The molecule has 1 aliphatic heterocycles. The number of hydrogen-bond acceptors (Lipinski definition) is 22. The summed E-state index contributed by atoms with van der Waals surface area (Å²) < 4.78 is 36.1. The zero-order chi connectivity index (χ0) is 78.7. The number of nitrogens with two attached hydrogens (primary N) is 1. The van der Waals surface area contributed by atoms with Gasteiger partial charge in [-0.2, -0.15) is 0 Å². The highest BCUT2D eigenvalue weighted by atomic mass is 16.6. The number of primary amides is 1. The van der Waals surface area contributed by atoms with Gasteiger partial charge in [-0.3, -0.25) is 38.5 Å². The highest BCUT2D eigenvalue weighted by Crippen LogP contribution is 2.67. The molecule has 0 aromatic heterocycles.